The van der Waals surface area contributed by atoms with Crippen molar-refractivity contribution in [3.05, 3.63) is 0 Å². The molecule has 0 aromatic rings. The maximum Gasteiger partial charge on any atom is 0.0350 e. The third-order valence-corrected chi connectivity index (χ3v) is 6.48. The van der Waals surface area contributed by atoms with E-state index in [1.54, 1.807) is 0 Å². The summed E-state index contributed by atoms with van der Waals surface area (Å²) in [5.74, 6) is 2.34. The zero-order valence-corrected chi connectivity index (χ0v) is 11.9. The molecule has 0 aliphatic heterocycles. The van der Waals surface area contributed by atoms with Crippen LogP contribution in [0.5, 0.6) is 0 Å². The standard InChI is InChI=1S/C14H27NOS/c1-11-4-2-6-13(10-11)17(16)9-8-12-5-3-7-14(12)15/h11-14H,2-10,15H2,1H3. The van der Waals surface area contributed by atoms with E-state index in [9.17, 15) is 4.21 Å². The molecule has 2 saturated carbocycles. The van der Waals surface area contributed by atoms with E-state index in [0.29, 0.717) is 17.2 Å². The molecule has 0 aromatic heterocycles. The molecule has 0 bridgehead atoms. The van der Waals surface area contributed by atoms with E-state index in [1.807, 2.05) is 0 Å². The van der Waals surface area contributed by atoms with Crippen molar-refractivity contribution in [3.8, 4) is 0 Å². The lowest BCUT2D eigenvalue weighted by Gasteiger charge is -2.26. The van der Waals surface area contributed by atoms with Gasteiger partial charge in [-0.2, -0.15) is 0 Å². The minimum atomic E-state index is -0.594. The van der Waals surface area contributed by atoms with Crippen molar-refractivity contribution in [1.82, 2.24) is 0 Å². The number of rotatable bonds is 4. The largest absolute Gasteiger partial charge is 0.327 e. The Bertz CT molecular complexity index is 269. The number of hydrogen-bond donors (Lipinski definition) is 1. The summed E-state index contributed by atoms with van der Waals surface area (Å²) >= 11 is 0. The molecule has 2 nitrogen and oxygen atoms in total. The summed E-state index contributed by atoms with van der Waals surface area (Å²) < 4.78 is 12.3. The van der Waals surface area contributed by atoms with Crippen molar-refractivity contribution in [2.24, 2.45) is 17.6 Å². The zero-order valence-electron chi connectivity index (χ0n) is 11.1. The molecule has 2 aliphatic carbocycles. The van der Waals surface area contributed by atoms with Crippen LogP contribution in [0.2, 0.25) is 0 Å². The molecule has 0 radical (unpaired) electrons. The van der Waals surface area contributed by atoms with Gasteiger partial charge in [0.25, 0.3) is 0 Å². The highest BCUT2D eigenvalue weighted by Crippen LogP contribution is 2.30. The zero-order chi connectivity index (χ0) is 12.3. The Labute approximate surface area is 108 Å². The first-order valence-electron chi connectivity index (χ1n) is 7.29. The van der Waals surface area contributed by atoms with E-state index in [4.69, 9.17) is 5.73 Å². The minimum absolute atomic E-state index is 0.386. The van der Waals surface area contributed by atoms with Crippen LogP contribution in [0.1, 0.15) is 58.3 Å². The second-order valence-electron chi connectivity index (χ2n) is 6.12. The molecule has 2 aliphatic rings. The Morgan fingerprint density at radius 2 is 1.94 bits per heavy atom. The van der Waals surface area contributed by atoms with Gasteiger partial charge in [-0.25, -0.2) is 0 Å². The van der Waals surface area contributed by atoms with Gasteiger partial charge in [-0.15, -0.1) is 0 Å². The van der Waals surface area contributed by atoms with Crippen molar-refractivity contribution in [2.75, 3.05) is 5.75 Å². The Morgan fingerprint density at radius 1 is 1.18 bits per heavy atom. The summed E-state index contributed by atoms with van der Waals surface area (Å²) in [5, 5.41) is 0.483. The van der Waals surface area contributed by atoms with Gasteiger partial charge in [0, 0.05) is 27.8 Å². The molecule has 5 unspecified atom stereocenters. The van der Waals surface area contributed by atoms with Crippen LogP contribution >= 0.6 is 0 Å². The van der Waals surface area contributed by atoms with Crippen molar-refractivity contribution >= 4 is 10.8 Å². The third kappa shape index (κ3) is 3.78. The first-order valence-corrected chi connectivity index (χ1v) is 8.67. The van der Waals surface area contributed by atoms with Gasteiger partial charge in [0.05, 0.1) is 0 Å². The van der Waals surface area contributed by atoms with Crippen LogP contribution in [0.4, 0.5) is 0 Å². The van der Waals surface area contributed by atoms with E-state index >= 15 is 0 Å². The van der Waals surface area contributed by atoms with Gasteiger partial charge in [0.1, 0.15) is 0 Å². The average molecular weight is 257 g/mol. The normalized spacial score (nSPS) is 40.4. The SMILES string of the molecule is CC1CCCC(S(=O)CCC2CCCC2N)C1. The van der Waals surface area contributed by atoms with Crippen molar-refractivity contribution in [2.45, 2.75) is 69.6 Å². The van der Waals surface area contributed by atoms with Crippen LogP contribution < -0.4 is 5.73 Å². The van der Waals surface area contributed by atoms with Gasteiger partial charge in [0.15, 0.2) is 0 Å². The van der Waals surface area contributed by atoms with Gasteiger partial charge >= 0.3 is 0 Å². The lowest BCUT2D eigenvalue weighted by molar-refractivity contribution is 0.388. The topological polar surface area (TPSA) is 43.1 Å². The monoisotopic (exact) mass is 257 g/mol. The van der Waals surface area contributed by atoms with Crippen LogP contribution in [0.25, 0.3) is 0 Å². The molecule has 2 fully saturated rings. The highest BCUT2D eigenvalue weighted by atomic mass is 32.2. The van der Waals surface area contributed by atoms with Crippen molar-refractivity contribution in [1.29, 1.82) is 0 Å². The summed E-state index contributed by atoms with van der Waals surface area (Å²) in [7, 11) is -0.594. The van der Waals surface area contributed by atoms with Crippen molar-refractivity contribution in [3.63, 3.8) is 0 Å². The molecule has 0 spiro atoms. The molecule has 2 N–H and O–H groups in total. The second kappa shape index (κ2) is 6.33. The summed E-state index contributed by atoms with van der Waals surface area (Å²) in [4.78, 5) is 0. The summed E-state index contributed by atoms with van der Waals surface area (Å²) in [5.41, 5.74) is 6.07. The van der Waals surface area contributed by atoms with Gasteiger partial charge < -0.3 is 5.73 Å². The quantitative estimate of drug-likeness (QED) is 0.841. The molecule has 2 rings (SSSR count). The number of hydrogen-bond acceptors (Lipinski definition) is 2. The highest BCUT2D eigenvalue weighted by molar-refractivity contribution is 7.85. The molecule has 3 heteroatoms. The van der Waals surface area contributed by atoms with E-state index in [-0.39, 0.29) is 0 Å². The molecular weight excluding hydrogens is 230 g/mol. The lowest BCUT2D eigenvalue weighted by atomic mass is 9.91. The Hall–Kier alpha value is 0.110. The smallest absolute Gasteiger partial charge is 0.0350 e. The van der Waals surface area contributed by atoms with Crippen LogP contribution in [-0.2, 0) is 10.8 Å². The number of nitrogens with two attached hydrogens (primary N) is 1. The van der Waals surface area contributed by atoms with Gasteiger partial charge in [-0.05, 0) is 43.9 Å². The van der Waals surface area contributed by atoms with E-state index in [0.717, 1.165) is 18.1 Å². The Morgan fingerprint density at radius 3 is 2.59 bits per heavy atom. The predicted octanol–water partition coefficient (Wildman–Crippen LogP) is 2.83. The summed E-state index contributed by atoms with van der Waals surface area (Å²) in [6.45, 7) is 2.30. The molecule has 0 saturated heterocycles. The first-order chi connectivity index (χ1) is 8.16. The second-order valence-corrected chi connectivity index (χ2v) is 7.96. The average Bonchev–Trinajstić information content (AvgIpc) is 2.72. The first kappa shape index (κ1) is 13.5. The van der Waals surface area contributed by atoms with E-state index in [2.05, 4.69) is 6.92 Å². The van der Waals surface area contributed by atoms with Crippen LogP contribution in [0.3, 0.4) is 0 Å². The fourth-order valence-corrected chi connectivity index (χ4v) is 5.32. The van der Waals surface area contributed by atoms with E-state index in [1.165, 1.54) is 44.9 Å². The Kier molecular flexibility index (Phi) is 5.04. The Balaban J connectivity index is 1.73. The van der Waals surface area contributed by atoms with Crippen LogP contribution in [0.15, 0.2) is 0 Å². The van der Waals surface area contributed by atoms with Crippen LogP contribution in [-0.4, -0.2) is 21.3 Å². The van der Waals surface area contributed by atoms with Gasteiger partial charge in [0.2, 0.25) is 0 Å². The van der Waals surface area contributed by atoms with E-state index < -0.39 is 10.8 Å². The van der Waals surface area contributed by atoms with Crippen molar-refractivity contribution < 1.29 is 4.21 Å². The van der Waals surface area contributed by atoms with Crippen LogP contribution in [0, 0.1) is 11.8 Å². The predicted molar refractivity (Wildman–Crippen MR) is 74.4 cm³/mol. The minimum Gasteiger partial charge on any atom is -0.327 e. The molecule has 0 amide bonds. The maximum absolute atomic E-state index is 12.3. The van der Waals surface area contributed by atoms with Gasteiger partial charge in [-0.3, -0.25) is 4.21 Å². The molecule has 100 valence electrons. The fourth-order valence-electron chi connectivity index (χ4n) is 3.48. The fraction of sp³-hybridized carbons (Fsp3) is 1.00. The summed E-state index contributed by atoms with van der Waals surface area (Å²) in [6, 6.07) is 0.386. The maximum atomic E-state index is 12.3. The molecule has 0 heterocycles. The lowest BCUT2D eigenvalue weighted by Crippen LogP contribution is -2.28. The highest BCUT2D eigenvalue weighted by Gasteiger charge is 2.27. The third-order valence-electron chi connectivity index (χ3n) is 4.67. The molecule has 0 aromatic carbocycles. The van der Waals surface area contributed by atoms with Gasteiger partial charge in [-0.1, -0.05) is 26.2 Å². The molecular formula is C14H27NOS. The molecule has 17 heavy (non-hydrogen) atoms. The molecule has 5 atom stereocenters. The summed E-state index contributed by atoms with van der Waals surface area (Å²) in [6.07, 6.45) is 9.80.